The van der Waals surface area contributed by atoms with Crippen molar-refractivity contribution in [3.8, 4) is 0 Å². The number of nitrogens with zero attached hydrogens (tertiary/aromatic N) is 1. The first kappa shape index (κ1) is 13.9. The van der Waals surface area contributed by atoms with E-state index in [0.29, 0.717) is 5.02 Å². The smallest absolute Gasteiger partial charge is 0.119 e. The van der Waals surface area contributed by atoms with Crippen LogP contribution in [0.25, 0.3) is 0 Å². The summed E-state index contributed by atoms with van der Waals surface area (Å²) >= 11 is 7.75. The number of nitrogens with one attached hydrogen (secondary N) is 1. The summed E-state index contributed by atoms with van der Waals surface area (Å²) in [6.45, 7) is 3.12. The summed E-state index contributed by atoms with van der Waals surface area (Å²) in [6.07, 6.45) is 4.42. The van der Waals surface area contributed by atoms with Crippen molar-refractivity contribution >= 4 is 23.4 Å². The third kappa shape index (κ3) is 3.54. The van der Waals surface area contributed by atoms with Crippen LogP contribution in [-0.2, 0) is 6.54 Å². The molecule has 1 aromatic carbocycles. The van der Waals surface area contributed by atoms with E-state index in [1.165, 1.54) is 28.9 Å². The topological polar surface area (TPSA) is 24.9 Å². The predicted octanol–water partition coefficient (Wildman–Crippen LogP) is 4.45. The summed E-state index contributed by atoms with van der Waals surface area (Å²) in [4.78, 5) is 5.49. The lowest BCUT2D eigenvalue weighted by Gasteiger charge is -2.09. The average molecular weight is 305 g/mol. The maximum atomic E-state index is 6.14. The van der Waals surface area contributed by atoms with Gasteiger partial charge in [0.2, 0.25) is 0 Å². The molecule has 1 aliphatic rings. The molecule has 1 heterocycles. The molecule has 2 aromatic rings. The van der Waals surface area contributed by atoms with Crippen molar-refractivity contribution in [2.75, 3.05) is 0 Å². The fourth-order valence-corrected chi connectivity index (χ4v) is 3.14. The minimum Gasteiger partial charge on any atom is -0.310 e. The molecule has 1 fully saturated rings. The second kappa shape index (κ2) is 6.17. The van der Waals surface area contributed by atoms with Crippen LogP contribution in [0, 0.1) is 6.92 Å². The lowest BCUT2D eigenvalue weighted by Crippen LogP contribution is -2.15. The van der Waals surface area contributed by atoms with Gasteiger partial charge in [0.15, 0.2) is 0 Å². The zero-order valence-electron chi connectivity index (χ0n) is 11.4. The molecule has 1 aromatic heterocycles. The number of pyridine rings is 1. The van der Waals surface area contributed by atoms with E-state index in [-0.39, 0.29) is 0 Å². The number of hydrogen-bond donors (Lipinski definition) is 1. The van der Waals surface area contributed by atoms with Crippen LogP contribution < -0.4 is 5.32 Å². The number of aryl methyl sites for hydroxylation is 1. The van der Waals surface area contributed by atoms with Crippen molar-refractivity contribution in [3.63, 3.8) is 0 Å². The molecule has 0 spiro atoms. The molecule has 0 unspecified atom stereocenters. The number of rotatable bonds is 5. The Balaban J connectivity index is 1.71. The fourth-order valence-electron chi connectivity index (χ4n) is 2.03. The van der Waals surface area contributed by atoms with Gasteiger partial charge in [-0.1, -0.05) is 29.4 Å². The zero-order valence-corrected chi connectivity index (χ0v) is 13.0. The third-order valence-corrected chi connectivity index (χ3v) is 4.84. The fraction of sp³-hybridized carbons (Fsp3) is 0.312. The van der Waals surface area contributed by atoms with Gasteiger partial charge >= 0.3 is 0 Å². The van der Waals surface area contributed by atoms with E-state index in [1.54, 1.807) is 18.0 Å². The molecule has 0 aliphatic heterocycles. The molecule has 1 N–H and O–H groups in total. The largest absolute Gasteiger partial charge is 0.310 e. The summed E-state index contributed by atoms with van der Waals surface area (Å²) in [5.74, 6) is 0. The molecular weight excluding hydrogens is 288 g/mol. The summed E-state index contributed by atoms with van der Waals surface area (Å²) in [5.41, 5.74) is 2.68. The molecule has 0 saturated heterocycles. The number of hydrogen-bond acceptors (Lipinski definition) is 3. The second-order valence-electron chi connectivity index (χ2n) is 5.14. The number of aromatic nitrogens is 1. The highest BCUT2D eigenvalue weighted by Gasteiger charge is 2.20. The van der Waals surface area contributed by atoms with E-state index >= 15 is 0 Å². The maximum Gasteiger partial charge on any atom is 0.119 e. The average Bonchev–Trinajstić information content (AvgIpc) is 3.25. The number of halogens is 1. The highest BCUT2D eigenvalue weighted by atomic mass is 35.5. The standard InChI is InChI=1S/C16H17ClN2S/c1-11-9-14(20-16-15(17)3-2-8-18-16)7-4-12(11)10-19-13-5-6-13/h2-4,7-9,13,19H,5-6,10H2,1H3. The SMILES string of the molecule is Cc1cc(Sc2ncccc2Cl)ccc1CNC1CC1. The first-order chi connectivity index (χ1) is 9.72. The van der Waals surface area contributed by atoms with Gasteiger partial charge in [-0.05, 0) is 55.2 Å². The highest BCUT2D eigenvalue weighted by Crippen LogP contribution is 2.32. The summed E-state index contributed by atoms with van der Waals surface area (Å²) in [6, 6.07) is 11.0. The van der Waals surface area contributed by atoms with Crippen molar-refractivity contribution < 1.29 is 0 Å². The molecule has 4 heteroatoms. The highest BCUT2D eigenvalue weighted by molar-refractivity contribution is 7.99. The molecule has 104 valence electrons. The van der Waals surface area contributed by atoms with Crippen molar-refractivity contribution in [1.29, 1.82) is 0 Å². The Morgan fingerprint density at radius 2 is 2.20 bits per heavy atom. The summed E-state index contributed by atoms with van der Waals surface area (Å²) < 4.78 is 0. The molecule has 0 bridgehead atoms. The first-order valence-electron chi connectivity index (χ1n) is 6.83. The van der Waals surface area contributed by atoms with E-state index in [1.807, 2.05) is 12.1 Å². The Labute approximate surface area is 129 Å². The van der Waals surface area contributed by atoms with Gasteiger partial charge in [0.05, 0.1) is 5.02 Å². The van der Waals surface area contributed by atoms with Gasteiger partial charge in [-0.3, -0.25) is 0 Å². The lowest BCUT2D eigenvalue weighted by atomic mass is 10.1. The van der Waals surface area contributed by atoms with Crippen LogP contribution in [0.5, 0.6) is 0 Å². The van der Waals surface area contributed by atoms with Crippen LogP contribution >= 0.6 is 23.4 Å². The van der Waals surface area contributed by atoms with Gasteiger partial charge in [0.1, 0.15) is 5.03 Å². The molecular formula is C16H17ClN2S. The zero-order chi connectivity index (χ0) is 13.9. The van der Waals surface area contributed by atoms with E-state index in [4.69, 9.17) is 11.6 Å². The Bertz CT molecular complexity index is 611. The van der Waals surface area contributed by atoms with Crippen LogP contribution in [0.15, 0.2) is 46.5 Å². The van der Waals surface area contributed by atoms with Crippen molar-refractivity contribution in [2.45, 2.75) is 42.3 Å². The summed E-state index contributed by atoms with van der Waals surface area (Å²) in [5, 5.41) is 5.11. The van der Waals surface area contributed by atoms with E-state index in [2.05, 4.69) is 35.4 Å². The molecule has 3 rings (SSSR count). The molecule has 0 amide bonds. The van der Waals surface area contributed by atoms with Crippen LogP contribution in [0.2, 0.25) is 5.02 Å². The maximum absolute atomic E-state index is 6.14. The second-order valence-corrected chi connectivity index (χ2v) is 6.61. The molecule has 20 heavy (non-hydrogen) atoms. The Morgan fingerprint density at radius 1 is 1.35 bits per heavy atom. The van der Waals surface area contributed by atoms with Gasteiger partial charge in [0.25, 0.3) is 0 Å². The molecule has 0 atom stereocenters. The van der Waals surface area contributed by atoms with Crippen molar-refractivity contribution in [3.05, 3.63) is 52.7 Å². The van der Waals surface area contributed by atoms with Crippen molar-refractivity contribution in [1.82, 2.24) is 10.3 Å². The van der Waals surface area contributed by atoms with E-state index in [9.17, 15) is 0 Å². The Kier molecular flexibility index (Phi) is 4.29. The van der Waals surface area contributed by atoms with Crippen molar-refractivity contribution in [2.24, 2.45) is 0 Å². The first-order valence-corrected chi connectivity index (χ1v) is 8.03. The van der Waals surface area contributed by atoms with Gasteiger partial charge in [-0.2, -0.15) is 0 Å². The molecule has 1 saturated carbocycles. The van der Waals surface area contributed by atoms with Gasteiger partial charge in [-0.15, -0.1) is 0 Å². The third-order valence-electron chi connectivity index (χ3n) is 3.41. The van der Waals surface area contributed by atoms with Gasteiger partial charge in [0, 0.05) is 23.7 Å². The molecule has 2 nitrogen and oxygen atoms in total. The van der Waals surface area contributed by atoms with Crippen LogP contribution in [0.4, 0.5) is 0 Å². The minimum atomic E-state index is 0.703. The van der Waals surface area contributed by atoms with Crippen LogP contribution in [-0.4, -0.2) is 11.0 Å². The molecule has 0 radical (unpaired) electrons. The normalized spacial score (nSPS) is 14.5. The monoisotopic (exact) mass is 304 g/mol. The molecule has 1 aliphatic carbocycles. The van der Waals surface area contributed by atoms with Crippen LogP contribution in [0.3, 0.4) is 0 Å². The lowest BCUT2D eigenvalue weighted by molar-refractivity contribution is 0.685. The van der Waals surface area contributed by atoms with Crippen LogP contribution in [0.1, 0.15) is 24.0 Å². The van der Waals surface area contributed by atoms with Gasteiger partial charge in [-0.25, -0.2) is 4.98 Å². The Morgan fingerprint density at radius 3 is 2.90 bits per heavy atom. The Hall–Kier alpha value is -1.03. The number of benzene rings is 1. The summed E-state index contributed by atoms with van der Waals surface area (Å²) in [7, 11) is 0. The van der Waals surface area contributed by atoms with E-state index < -0.39 is 0 Å². The quantitative estimate of drug-likeness (QED) is 0.883. The van der Waals surface area contributed by atoms with Gasteiger partial charge < -0.3 is 5.32 Å². The van der Waals surface area contributed by atoms with E-state index in [0.717, 1.165) is 17.6 Å². The minimum absolute atomic E-state index is 0.703. The predicted molar refractivity (Wildman–Crippen MR) is 84.4 cm³/mol.